The maximum Gasteiger partial charge on any atom is 0.349 e. The summed E-state index contributed by atoms with van der Waals surface area (Å²) >= 11 is 0. The average Bonchev–Trinajstić information content (AvgIpc) is 4.40. The molecule has 0 bridgehead atoms. The number of nitrogens with zero attached hydrogens (tertiary/aromatic N) is 10. The van der Waals surface area contributed by atoms with E-state index < -0.39 is 8.40 Å². The number of anilines is 6. The molecule has 0 fully saturated rings. The Morgan fingerprint density at radius 3 is 1.51 bits per heavy atom. The molecule has 0 aliphatic carbocycles. The van der Waals surface area contributed by atoms with Crippen molar-refractivity contribution in [2.75, 3.05) is 9.80 Å². The third kappa shape index (κ3) is 5.75. The highest BCUT2D eigenvalue weighted by Crippen LogP contribution is 2.50. The smallest absolute Gasteiger partial charge is 0.349 e. The minimum Gasteiger partial charge on any atom is -0.456 e. The van der Waals surface area contributed by atoms with Crippen LogP contribution in [-0.2, 0) is 0 Å². The Bertz CT molecular complexity index is 4740. The summed E-state index contributed by atoms with van der Waals surface area (Å²) in [6, 6.07) is 85.3. The van der Waals surface area contributed by atoms with Gasteiger partial charge in [-0.25, -0.2) is 15.0 Å². The average molecular weight is 1010 g/mol. The monoisotopic (exact) mass is 1000 g/mol. The number of aromatic nitrogens is 8. The minimum absolute atomic E-state index is 0.523. The lowest BCUT2D eigenvalue weighted by Gasteiger charge is -2.48. The van der Waals surface area contributed by atoms with Crippen LogP contribution in [0.2, 0.25) is 0 Å². The Morgan fingerprint density at radius 1 is 0.351 bits per heavy atom. The van der Waals surface area contributed by atoms with Crippen molar-refractivity contribution in [1.82, 2.24) is 38.0 Å². The number of fused-ring (bicyclic) bond motifs is 18. The lowest BCUT2D eigenvalue weighted by atomic mass is 10.1. The lowest BCUT2D eigenvalue weighted by molar-refractivity contribution is 0.669. The molecule has 77 heavy (non-hydrogen) atoms. The summed E-state index contributed by atoms with van der Waals surface area (Å²) in [6.07, 6.45) is 0. The van der Waals surface area contributed by atoms with Gasteiger partial charge in [-0.05, 0) is 78.9 Å². The normalized spacial score (nSPS) is 13.5. The topological polar surface area (TPSA) is 98.9 Å². The fourth-order valence-electron chi connectivity index (χ4n) is 12.5. The van der Waals surface area contributed by atoms with Crippen LogP contribution < -0.4 is 20.2 Å². The van der Waals surface area contributed by atoms with Crippen molar-refractivity contribution in [3.63, 3.8) is 0 Å². The van der Waals surface area contributed by atoms with Crippen molar-refractivity contribution in [3.8, 4) is 28.5 Å². The van der Waals surface area contributed by atoms with Crippen LogP contribution in [0.4, 0.5) is 34.9 Å². The maximum absolute atomic E-state index is 6.45. The van der Waals surface area contributed by atoms with Gasteiger partial charge in [0.15, 0.2) is 11.6 Å². The largest absolute Gasteiger partial charge is 0.456 e. The molecule has 0 radical (unpaired) electrons. The molecule has 2 aliphatic heterocycles. The van der Waals surface area contributed by atoms with Gasteiger partial charge in [-0.15, -0.1) is 0 Å². The lowest BCUT2D eigenvalue weighted by Crippen LogP contribution is -2.74. The summed E-state index contributed by atoms with van der Waals surface area (Å²) < 4.78 is 14.0. The van der Waals surface area contributed by atoms with Gasteiger partial charge in [0, 0.05) is 37.7 Å². The van der Waals surface area contributed by atoms with Gasteiger partial charge < -0.3 is 17.4 Å². The van der Waals surface area contributed by atoms with E-state index in [1.165, 1.54) is 0 Å². The van der Waals surface area contributed by atoms with E-state index in [9.17, 15) is 0 Å². The summed E-state index contributed by atoms with van der Waals surface area (Å²) in [5.41, 5.74) is 13.5. The Kier molecular flexibility index (Phi) is 8.61. The third-order valence-electron chi connectivity index (χ3n) is 15.6. The van der Waals surface area contributed by atoms with E-state index in [2.05, 4.69) is 217 Å². The van der Waals surface area contributed by atoms with E-state index in [1.54, 1.807) is 0 Å². The van der Waals surface area contributed by atoms with Gasteiger partial charge in [-0.1, -0.05) is 164 Å². The van der Waals surface area contributed by atoms with Gasteiger partial charge in [0.2, 0.25) is 17.8 Å². The van der Waals surface area contributed by atoms with E-state index in [1.807, 2.05) is 48.5 Å². The molecule has 0 N–H and O–H groups in total. The van der Waals surface area contributed by atoms with E-state index in [-0.39, 0.29) is 0 Å². The standard InChI is InChI=1S/C65H40N10OSi/c1-3-20-41(21-4-1)61-68-62(42-22-5-2-6-23-42)70-63(69-61)73-53-31-14-17-36-58(53)77(59-37-18-15-32-54(59)73)74-51-29-12-9-26-47(51)66-64(74)71(65-67-48-27-10-13-30-52(48)75(65)77)43-38-39-50-46(40-43)44-24-7-11-28-49(44)72(50)55-33-19-35-57-60(55)45-25-8-16-34-56(45)76-57/h1-40H. The zero-order chi connectivity index (χ0) is 50.3. The number of para-hydroxylation sites is 8. The van der Waals surface area contributed by atoms with Crippen LogP contribution in [0.1, 0.15) is 0 Å². The van der Waals surface area contributed by atoms with Crippen molar-refractivity contribution in [2.24, 2.45) is 0 Å². The summed E-state index contributed by atoms with van der Waals surface area (Å²) in [7, 11) is -3.62. The number of rotatable bonds is 5. The highest BCUT2D eigenvalue weighted by molar-refractivity contribution is 7.03. The first-order valence-corrected chi connectivity index (χ1v) is 27.7. The highest BCUT2D eigenvalue weighted by Gasteiger charge is 2.58. The molecule has 11 nitrogen and oxygen atoms in total. The molecule has 0 saturated heterocycles. The predicted octanol–water partition coefficient (Wildman–Crippen LogP) is 14.1. The highest BCUT2D eigenvalue weighted by atomic mass is 28.3. The van der Waals surface area contributed by atoms with Crippen LogP contribution >= 0.6 is 0 Å². The molecule has 360 valence electrons. The van der Waals surface area contributed by atoms with Crippen LogP contribution in [0.25, 0.3) is 94.3 Å². The van der Waals surface area contributed by atoms with Gasteiger partial charge in [-0.2, -0.15) is 9.97 Å². The molecule has 0 saturated carbocycles. The van der Waals surface area contributed by atoms with Crippen LogP contribution in [0.3, 0.4) is 0 Å². The Balaban J connectivity index is 0.943. The second-order valence-electron chi connectivity index (χ2n) is 19.7. The van der Waals surface area contributed by atoms with Crippen LogP contribution in [0.15, 0.2) is 247 Å². The van der Waals surface area contributed by atoms with Crippen LogP contribution in [0.5, 0.6) is 0 Å². The van der Waals surface area contributed by atoms with Gasteiger partial charge >= 0.3 is 8.40 Å². The van der Waals surface area contributed by atoms with Gasteiger partial charge in [0.1, 0.15) is 11.2 Å². The number of furan rings is 1. The fourth-order valence-corrected chi connectivity index (χ4v) is 17.7. The second-order valence-corrected chi connectivity index (χ2v) is 23.0. The Morgan fingerprint density at radius 2 is 0.857 bits per heavy atom. The van der Waals surface area contributed by atoms with E-state index >= 15 is 0 Å². The molecule has 17 rings (SSSR count). The molecule has 15 aromatic rings. The predicted molar refractivity (Wildman–Crippen MR) is 311 cm³/mol. The zero-order valence-electron chi connectivity index (χ0n) is 41.0. The van der Waals surface area contributed by atoms with E-state index in [0.717, 1.165) is 122 Å². The van der Waals surface area contributed by atoms with Crippen molar-refractivity contribution in [3.05, 3.63) is 243 Å². The molecule has 0 atom stereocenters. The first kappa shape index (κ1) is 42.0. The molecule has 12 heteroatoms. The second kappa shape index (κ2) is 15.8. The third-order valence-corrected chi connectivity index (χ3v) is 20.1. The fraction of sp³-hybridized carbons (Fsp3) is 0. The first-order valence-electron chi connectivity index (χ1n) is 25.8. The molecular formula is C65H40N10OSi. The van der Waals surface area contributed by atoms with Crippen molar-refractivity contribution < 1.29 is 4.42 Å². The van der Waals surface area contributed by atoms with Crippen LogP contribution in [0, 0.1) is 0 Å². The molecule has 2 aliphatic rings. The molecular weight excluding hydrogens is 965 g/mol. The summed E-state index contributed by atoms with van der Waals surface area (Å²) in [6.45, 7) is 0. The van der Waals surface area contributed by atoms with Crippen molar-refractivity contribution in [1.29, 1.82) is 0 Å². The number of benzene rings is 10. The number of imidazole rings is 2. The summed E-state index contributed by atoms with van der Waals surface area (Å²) in [5.74, 6) is 3.28. The van der Waals surface area contributed by atoms with E-state index in [0.29, 0.717) is 17.6 Å². The summed E-state index contributed by atoms with van der Waals surface area (Å²) in [4.78, 5) is 31.8. The maximum atomic E-state index is 6.45. The molecule has 1 spiro atoms. The van der Waals surface area contributed by atoms with E-state index in [4.69, 9.17) is 29.3 Å². The molecule has 10 aromatic carbocycles. The molecule has 7 heterocycles. The molecule has 5 aromatic heterocycles. The molecule has 0 amide bonds. The van der Waals surface area contributed by atoms with Gasteiger partial charge in [-0.3, -0.25) is 9.80 Å². The minimum atomic E-state index is -3.62. The zero-order valence-corrected chi connectivity index (χ0v) is 42.0. The first-order chi connectivity index (χ1) is 38.2. The number of hydrogen-bond acceptors (Lipinski definition) is 8. The quantitative estimate of drug-likeness (QED) is 0.157. The van der Waals surface area contributed by atoms with Crippen molar-refractivity contribution >= 4 is 119 Å². The summed E-state index contributed by atoms with van der Waals surface area (Å²) in [5, 5.41) is 6.68. The van der Waals surface area contributed by atoms with Gasteiger partial charge in [0.05, 0.1) is 61.2 Å². The number of hydrogen-bond donors (Lipinski definition) is 0. The van der Waals surface area contributed by atoms with Crippen molar-refractivity contribution in [2.45, 2.75) is 0 Å². The SMILES string of the molecule is c1ccc(-c2nc(-c3ccccc3)nc(N3c4ccccc4[Si]4(c5ccccc53)n3c(nc5ccccc53)N(c3ccc5c(c3)c3ccccc3n5-c3cccc5oc6ccccc6c35)c3nc5ccccc5n34)n2)cc1. The van der Waals surface area contributed by atoms with Crippen LogP contribution in [-0.4, -0.2) is 46.3 Å². The van der Waals surface area contributed by atoms with Gasteiger partial charge in [0.25, 0.3) is 0 Å². The Labute approximate surface area is 440 Å². The molecule has 0 unspecified atom stereocenters. The Hall–Kier alpha value is -10.4.